The molecule has 1 aliphatic heterocycles. The minimum Gasteiger partial charge on any atom is -0.357 e. The first-order valence-corrected chi connectivity index (χ1v) is 9.08. The number of halogens is 2. The van der Waals surface area contributed by atoms with E-state index in [1.807, 2.05) is 24.8 Å². The van der Waals surface area contributed by atoms with Crippen LogP contribution in [0.4, 0.5) is 4.39 Å². The summed E-state index contributed by atoms with van der Waals surface area (Å²) in [6, 6.07) is 4.95. The molecule has 1 atom stereocenters. The molecule has 7 heteroatoms. The Balaban J connectivity index is 1.97. The van der Waals surface area contributed by atoms with Crippen molar-refractivity contribution in [2.24, 2.45) is 4.99 Å². The topological polar surface area (TPSA) is 56.7 Å². The summed E-state index contributed by atoms with van der Waals surface area (Å²) < 4.78 is 14.1. The predicted molar refractivity (Wildman–Crippen MR) is 97.3 cm³/mol. The Hall–Kier alpha value is -1.63. The van der Waals surface area contributed by atoms with Crippen molar-refractivity contribution in [1.29, 1.82) is 0 Å². The zero-order chi connectivity index (χ0) is 17.5. The van der Waals surface area contributed by atoms with Crippen molar-refractivity contribution >= 4 is 27.8 Å². The molecule has 1 aromatic rings. The monoisotopic (exact) mass is 398 g/mol. The lowest BCUT2D eigenvalue weighted by atomic mass is 10.2. The molecule has 1 aromatic carbocycles. The SMILES string of the molecule is CCNC(=NCc1cc(F)cc(Br)c1)NC1CCN(C(=O)CC)C1. The number of hydrogen-bond acceptors (Lipinski definition) is 2. The van der Waals surface area contributed by atoms with E-state index in [4.69, 9.17) is 0 Å². The maximum absolute atomic E-state index is 13.4. The highest BCUT2D eigenvalue weighted by Crippen LogP contribution is 2.15. The third-order valence-electron chi connectivity index (χ3n) is 3.87. The zero-order valence-corrected chi connectivity index (χ0v) is 15.7. The normalized spacial score (nSPS) is 17.9. The summed E-state index contributed by atoms with van der Waals surface area (Å²) in [6.07, 6.45) is 1.44. The van der Waals surface area contributed by atoms with Crippen LogP contribution in [0, 0.1) is 5.82 Å². The Labute approximate surface area is 150 Å². The molecule has 1 fully saturated rings. The molecule has 1 aliphatic rings. The fourth-order valence-corrected chi connectivity index (χ4v) is 3.23. The van der Waals surface area contributed by atoms with Gasteiger partial charge in [0.25, 0.3) is 0 Å². The van der Waals surface area contributed by atoms with E-state index in [0.717, 1.165) is 25.1 Å². The van der Waals surface area contributed by atoms with Gasteiger partial charge in [-0.05, 0) is 37.1 Å². The molecule has 0 spiro atoms. The Bertz CT molecular complexity index is 588. The number of hydrogen-bond donors (Lipinski definition) is 2. The van der Waals surface area contributed by atoms with Crippen molar-refractivity contribution in [2.75, 3.05) is 19.6 Å². The number of benzene rings is 1. The second kappa shape index (κ2) is 9.01. The van der Waals surface area contributed by atoms with Crippen LogP contribution in [0.15, 0.2) is 27.7 Å². The molecule has 0 aromatic heterocycles. The molecule has 0 saturated carbocycles. The van der Waals surface area contributed by atoms with Gasteiger partial charge in [0.2, 0.25) is 5.91 Å². The maximum atomic E-state index is 13.4. The summed E-state index contributed by atoms with van der Waals surface area (Å²) in [5.74, 6) is 0.594. The van der Waals surface area contributed by atoms with Crippen LogP contribution >= 0.6 is 15.9 Å². The highest BCUT2D eigenvalue weighted by atomic mass is 79.9. The average Bonchev–Trinajstić information content (AvgIpc) is 3.00. The van der Waals surface area contributed by atoms with Gasteiger partial charge in [0, 0.05) is 36.6 Å². The van der Waals surface area contributed by atoms with Crippen LogP contribution in [0.1, 0.15) is 32.3 Å². The number of nitrogens with zero attached hydrogens (tertiary/aromatic N) is 2. The van der Waals surface area contributed by atoms with Gasteiger partial charge in [0.05, 0.1) is 6.54 Å². The van der Waals surface area contributed by atoms with Gasteiger partial charge in [-0.2, -0.15) is 0 Å². The number of carbonyl (C=O) groups excluding carboxylic acids is 1. The van der Waals surface area contributed by atoms with Gasteiger partial charge >= 0.3 is 0 Å². The second-order valence-corrected chi connectivity index (χ2v) is 6.71. The van der Waals surface area contributed by atoms with Crippen molar-refractivity contribution in [3.05, 3.63) is 34.1 Å². The Morgan fingerprint density at radius 2 is 2.21 bits per heavy atom. The molecule has 0 radical (unpaired) electrons. The third-order valence-corrected chi connectivity index (χ3v) is 4.33. The lowest BCUT2D eigenvalue weighted by molar-refractivity contribution is -0.129. The number of likely N-dealkylation sites (tertiary alicyclic amines) is 1. The molecule has 132 valence electrons. The predicted octanol–water partition coefficient (Wildman–Crippen LogP) is 2.65. The summed E-state index contributed by atoms with van der Waals surface area (Å²) in [6.45, 7) is 6.48. The van der Waals surface area contributed by atoms with E-state index >= 15 is 0 Å². The first-order valence-electron chi connectivity index (χ1n) is 8.29. The van der Waals surface area contributed by atoms with E-state index in [1.54, 1.807) is 0 Å². The minimum absolute atomic E-state index is 0.186. The molecular weight excluding hydrogens is 375 g/mol. The lowest BCUT2D eigenvalue weighted by Gasteiger charge is -2.18. The van der Waals surface area contributed by atoms with Crippen molar-refractivity contribution in [3.63, 3.8) is 0 Å². The van der Waals surface area contributed by atoms with Gasteiger partial charge in [0.15, 0.2) is 5.96 Å². The van der Waals surface area contributed by atoms with Crippen LogP contribution in [0.5, 0.6) is 0 Å². The summed E-state index contributed by atoms with van der Waals surface area (Å²) in [4.78, 5) is 18.2. The van der Waals surface area contributed by atoms with E-state index in [1.165, 1.54) is 12.1 Å². The summed E-state index contributed by atoms with van der Waals surface area (Å²) in [5, 5.41) is 6.56. The third kappa shape index (κ3) is 5.47. The molecule has 1 heterocycles. The number of nitrogens with one attached hydrogen (secondary N) is 2. The number of rotatable bonds is 5. The Morgan fingerprint density at radius 3 is 2.88 bits per heavy atom. The molecule has 2 rings (SSSR count). The van der Waals surface area contributed by atoms with Gasteiger partial charge in [-0.15, -0.1) is 0 Å². The smallest absolute Gasteiger partial charge is 0.222 e. The van der Waals surface area contributed by atoms with Gasteiger partial charge in [-0.1, -0.05) is 22.9 Å². The van der Waals surface area contributed by atoms with Gasteiger partial charge in [-0.3, -0.25) is 4.79 Å². The number of carbonyl (C=O) groups is 1. The van der Waals surface area contributed by atoms with Crippen LogP contribution in [0.2, 0.25) is 0 Å². The highest BCUT2D eigenvalue weighted by molar-refractivity contribution is 9.10. The fourth-order valence-electron chi connectivity index (χ4n) is 2.71. The van der Waals surface area contributed by atoms with E-state index < -0.39 is 0 Å². The van der Waals surface area contributed by atoms with Crippen LogP contribution in [-0.2, 0) is 11.3 Å². The van der Waals surface area contributed by atoms with Crippen LogP contribution in [0.25, 0.3) is 0 Å². The molecule has 2 N–H and O–H groups in total. The quantitative estimate of drug-likeness (QED) is 0.591. The van der Waals surface area contributed by atoms with Crippen molar-refractivity contribution < 1.29 is 9.18 Å². The Kier molecular flexibility index (Phi) is 7.02. The largest absolute Gasteiger partial charge is 0.357 e. The van der Waals surface area contributed by atoms with Gasteiger partial charge < -0.3 is 15.5 Å². The molecule has 5 nitrogen and oxygen atoms in total. The van der Waals surface area contributed by atoms with Gasteiger partial charge in [-0.25, -0.2) is 9.38 Å². The average molecular weight is 399 g/mol. The van der Waals surface area contributed by atoms with Crippen LogP contribution < -0.4 is 10.6 Å². The van der Waals surface area contributed by atoms with Gasteiger partial charge in [0.1, 0.15) is 5.82 Å². The van der Waals surface area contributed by atoms with Crippen LogP contribution in [0.3, 0.4) is 0 Å². The molecule has 0 aliphatic carbocycles. The standard InChI is InChI=1S/C17H24BrFN4O/c1-3-16(24)23-6-5-15(11-23)22-17(20-4-2)21-10-12-7-13(18)9-14(19)8-12/h7-9,15H,3-6,10-11H2,1-2H3,(H2,20,21,22). The first kappa shape index (κ1) is 18.7. The highest BCUT2D eigenvalue weighted by Gasteiger charge is 2.25. The summed E-state index contributed by atoms with van der Waals surface area (Å²) in [7, 11) is 0. The van der Waals surface area contributed by atoms with E-state index in [9.17, 15) is 9.18 Å². The summed E-state index contributed by atoms with van der Waals surface area (Å²) >= 11 is 3.29. The first-order chi connectivity index (χ1) is 11.5. The second-order valence-electron chi connectivity index (χ2n) is 5.80. The van der Waals surface area contributed by atoms with Crippen molar-refractivity contribution in [1.82, 2.24) is 15.5 Å². The molecule has 1 amide bonds. The fraction of sp³-hybridized carbons (Fsp3) is 0.529. The maximum Gasteiger partial charge on any atom is 0.222 e. The van der Waals surface area contributed by atoms with Crippen LogP contribution in [-0.4, -0.2) is 42.4 Å². The molecular formula is C17H24BrFN4O. The lowest BCUT2D eigenvalue weighted by Crippen LogP contribution is -2.45. The van der Waals surface area contributed by atoms with E-state index in [-0.39, 0.29) is 17.8 Å². The van der Waals surface area contributed by atoms with Crippen molar-refractivity contribution in [2.45, 2.75) is 39.3 Å². The molecule has 1 unspecified atom stereocenters. The number of guanidine groups is 1. The van der Waals surface area contributed by atoms with Crippen molar-refractivity contribution in [3.8, 4) is 0 Å². The number of amides is 1. The molecule has 24 heavy (non-hydrogen) atoms. The van der Waals surface area contributed by atoms with E-state index in [0.29, 0.717) is 29.9 Å². The zero-order valence-electron chi connectivity index (χ0n) is 14.1. The van der Waals surface area contributed by atoms with E-state index in [2.05, 4.69) is 31.6 Å². The summed E-state index contributed by atoms with van der Waals surface area (Å²) in [5.41, 5.74) is 0.799. The minimum atomic E-state index is -0.281. The molecule has 0 bridgehead atoms. The number of aliphatic imine (C=N–C) groups is 1. The molecule has 1 saturated heterocycles. The Morgan fingerprint density at radius 1 is 1.42 bits per heavy atom.